The maximum Gasteiger partial charge on any atom is 0.347 e. The van der Waals surface area contributed by atoms with E-state index < -0.39 is 11.9 Å². The van der Waals surface area contributed by atoms with Crippen molar-refractivity contribution in [1.29, 1.82) is 0 Å². The largest absolute Gasteiger partial charge is 0.493 e. The fourth-order valence-corrected chi connectivity index (χ4v) is 3.01. The Bertz CT molecular complexity index is 1100. The van der Waals surface area contributed by atoms with Gasteiger partial charge in [0.2, 0.25) is 0 Å². The summed E-state index contributed by atoms with van der Waals surface area (Å²) in [5, 5.41) is 7.50. The number of rotatable bonds is 5. The van der Waals surface area contributed by atoms with E-state index in [-0.39, 0.29) is 17.6 Å². The van der Waals surface area contributed by atoms with Gasteiger partial charge in [-0.05, 0) is 45.7 Å². The van der Waals surface area contributed by atoms with E-state index in [0.29, 0.717) is 28.1 Å². The van der Waals surface area contributed by atoms with Crippen molar-refractivity contribution in [3.63, 3.8) is 0 Å². The maximum absolute atomic E-state index is 12.3. The molecule has 4 rings (SSSR count). The molecule has 0 N–H and O–H groups in total. The molecule has 2 aromatic carbocycles. The lowest BCUT2D eigenvalue weighted by Crippen LogP contribution is -2.04. The monoisotopic (exact) mass is 366 g/mol. The Morgan fingerprint density at radius 2 is 1.67 bits per heavy atom. The van der Waals surface area contributed by atoms with Gasteiger partial charge in [0.05, 0.1) is 25.4 Å². The van der Waals surface area contributed by atoms with E-state index in [1.165, 1.54) is 7.11 Å². The van der Waals surface area contributed by atoms with Gasteiger partial charge in [-0.3, -0.25) is 0 Å². The molecule has 0 saturated carbocycles. The van der Waals surface area contributed by atoms with Crippen LogP contribution in [-0.2, 0) is 20.7 Å². The molecule has 0 bridgehead atoms. The molecule has 2 heterocycles. The molecule has 0 unspecified atom stereocenters. The summed E-state index contributed by atoms with van der Waals surface area (Å²) in [6.45, 7) is 0. The molecule has 8 heteroatoms. The van der Waals surface area contributed by atoms with Crippen molar-refractivity contribution >= 4 is 28.5 Å². The van der Waals surface area contributed by atoms with Gasteiger partial charge in [-0.15, -0.1) is 0 Å². The zero-order chi connectivity index (χ0) is 19.0. The highest BCUT2D eigenvalue weighted by atomic mass is 16.6. The van der Waals surface area contributed by atoms with Gasteiger partial charge in [-0.2, -0.15) is 0 Å². The van der Waals surface area contributed by atoms with Crippen LogP contribution < -0.4 is 9.47 Å². The first kappa shape index (κ1) is 16.8. The normalized spacial score (nSPS) is 14.0. The van der Waals surface area contributed by atoms with Gasteiger partial charge in [0.15, 0.2) is 11.5 Å². The lowest BCUT2D eigenvalue weighted by Gasteiger charge is -2.09. The number of hydrogen-bond donors (Lipinski definition) is 0. The molecule has 1 aliphatic rings. The van der Waals surface area contributed by atoms with Crippen LogP contribution in [0.2, 0.25) is 0 Å². The first-order valence-electron chi connectivity index (χ1n) is 8.04. The van der Waals surface area contributed by atoms with Crippen LogP contribution in [-0.4, -0.2) is 36.5 Å². The molecule has 0 amide bonds. The van der Waals surface area contributed by atoms with Gasteiger partial charge in [0, 0.05) is 6.42 Å². The standard InChI is InChI=1S/C19H14N2O6/c1-24-15-6-3-10(8-16(15)25-2)7-12-17(19(23)26-18(12)22)11-4-5-13-14(9-11)21-27-20-13/h3-6,8-9H,7H2,1-2H3. The predicted molar refractivity (Wildman–Crippen MR) is 93.1 cm³/mol. The zero-order valence-electron chi connectivity index (χ0n) is 14.5. The maximum atomic E-state index is 12.3. The van der Waals surface area contributed by atoms with Crippen molar-refractivity contribution in [2.24, 2.45) is 0 Å². The summed E-state index contributed by atoms with van der Waals surface area (Å²) in [4.78, 5) is 24.5. The fraction of sp³-hybridized carbons (Fsp3) is 0.158. The summed E-state index contributed by atoms with van der Waals surface area (Å²) in [7, 11) is 3.07. The third-order valence-electron chi connectivity index (χ3n) is 4.31. The van der Waals surface area contributed by atoms with Crippen LogP contribution in [0.4, 0.5) is 0 Å². The van der Waals surface area contributed by atoms with Crippen LogP contribution in [0, 0.1) is 0 Å². The van der Waals surface area contributed by atoms with Crippen molar-refractivity contribution < 1.29 is 28.4 Å². The highest BCUT2D eigenvalue weighted by Crippen LogP contribution is 2.33. The summed E-state index contributed by atoms with van der Waals surface area (Å²) in [5.74, 6) is -0.246. The molecule has 0 saturated heterocycles. The molecule has 1 aromatic heterocycles. The Balaban J connectivity index is 1.77. The Labute approximate surface area is 153 Å². The van der Waals surface area contributed by atoms with Crippen molar-refractivity contribution in [3.05, 3.63) is 53.1 Å². The van der Waals surface area contributed by atoms with Gasteiger partial charge in [-0.25, -0.2) is 14.2 Å². The molecule has 1 aliphatic heterocycles. The lowest BCUT2D eigenvalue weighted by molar-refractivity contribution is -0.150. The third kappa shape index (κ3) is 2.91. The number of fused-ring (bicyclic) bond motifs is 1. The van der Waals surface area contributed by atoms with E-state index in [4.69, 9.17) is 14.2 Å². The molecule has 0 spiro atoms. The fourth-order valence-electron chi connectivity index (χ4n) is 3.01. The van der Waals surface area contributed by atoms with Crippen molar-refractivity contribution in [2.75, 3.05) is 14.2 Å². The molecule has 0 aliphatic carbocycles. The average Bonchev–Trinajstić information content (AvgIpc) is 3.25. The predicted octanol–water partition coefficient (Wildman–Crippen LogP) is 2.32. The molecule has 136 valence electrons. The summed E-state index contributed by atoms with van der Waals surface area (Å²) >= 11 is 0. The molecule has 0 fully saturated rings. The SMILES string of the molecule is COc1ccc(CC2=C(c3ccc4nonc4c3)C(=O)OC2=O)cc1OC. The first-order chi connectivity index (χ1) is 13.1. The van der Waals surface area contributed by atoms with Crippen LogP contribution in [0.3, 0.4) is 0 Å². The number of methoxy groups -OCH3 is 2. The van der Waals surface area contributed by atoms with E-state index in [1.54, 1.807) is 43.5 Å². The number of carbonyl (C=O) groups excluding carboxylic acids is 2. The number of hydrogen-bond acceptors (Lipinski definition) is 8. The lowest BCUT2D eigenvalue weighted by atomic mass is 9.96. The number of carbonyl (C=O) groups is 2. The average molecular weight is 366 g/mol. The van der Waals surface area contributed by atoms with Gasteiger partial charge in [0.1, 0.15) is 11.0 Å². The minimum absolute atomic E-state index is 0.204. The highest BCUT2D eigenvalue weighted by molar-refractivity contribution is 6.31. The Kier molecular flexibility index (Phi) is 4.08. The smallest absolute Gasteiger partial charge is 0.347 e. The van der Waals surface area contributed by atoms with Crippen molar-refractivity contribution in [2.45, 2.75) is 6.42 Å². The van der Waals surface area contributed by atoms with Gasteiger partial charge in [0.25, 0.3) is 0 Å². The van der Waals surface area contributed by atoms with Gasteiger partial charge >= 0.3 is 11.9 Å². The second kappa shape index (κ2) is 6.56. The number of aromatic nitrogens is 2. The summed E-state index contributed by atoms with van der Waals surface area (Å²) in [6, 6.07) is 10.3. The van der Waals surface area contributed by atoms with Crippen LogP contribution in [0.5, 0.6) is 11.5 Å². The van der Waals surface area contributed by atoms with Crippen molar-refractivity contribution in [1.82, 2.24) is 10.3 Å². The van der Waals surface area contributed by atoms with E-state index in [9.17, 15) is 9.59 Å². The molecule has 0 atom stereocenters. The molecular formula is C19H14N2O6. The summed E-state index contributed by atoms with van der Waals surface area (Å²) < 4.78 is 20.0. The number of ether oxygens (including phenoxy) is 3. The van der Waals surface area contributed by atoms with E-state index >= 15 is 0 Å². The Morgan fingerprint density at radius 1 is 0.889 bits per heavy atom. The quantitative estimate of drug-likeness (QED) is 0.501. The van der Waals surface area contributed by atoms with Crippen molar-refractivity contribution in [3.8, 4) is 11.5 Å². The van der Waals surface area contributed by atoms with E-state index in [0.717, 1.165) is 5.56 Å². The summed E-state index contributed by atoms with van der Waals surface area (Å²) in [5.41, 5.74) is 2.80. The number of benzene rings is 2. The van der Waals surface area contributed by atoms with Gasteiger partial charge in [-0.1, -0.05) is 12.1 Å². The van der Waals surface area contributed by atoms with Gasteiger partial charge < -0.3 is 14.2 Å². The molecular weight excluding hydrogens is 352 g/mol. The van der Waals surface area contributed by atoms with Crippen LogP contribution >= 0.6 is 0 Å². The van der Waals surface area contributed by atoms with E-state index in [1.807, 2.05) is 0 Å². The zero-order valence-corrected chi connectivity index (χ0v) is 14.5. The minimum Gasteiger partial charge on any atom is -0.493 e. The van der Waals surface area contributed by atoms with Crippen LogP contribution in [0.15, 0.2) is 46.6 Å². The molecule has 27 heavy (non-hydrogen) atoms. The summed E-state index contributed by atoms with van der Waals surface area (Å²) in [6.07, 6.45) is 0.204. The minimum atomic E-state index is -0.689. The first-order valence-corrected chi connectivity index (χ1v) is 8.04. The van der Waals surface area contributed by atoms with Crippen LogP contribution in [0.25, 0.3) is 16.6 Å². The Hall–Kier alpha value is -3.68. The Morgan fingerprint density at radius 3 is 2.44 bits per heavy atom. The molecule has 0 radical (unpaired) electrons. The molecule has 8 nitrogen and oxygen atoms in total. The topological polar surface area (TPSA) is 101 Å². The van der Waals surface area contributed by atoms with E-state index in [2.05, 4.69) is 14.9 Å². The second-order valence-corrected chi connectivity index (χ2v) is 5.86. The number of esters is 2. The highest BCUT2D eigenvalue weighted by Gasteiger charge is 2.34. The number of nitrogens with zero attached hydrogens (tertiary/aromatic N) is 2. The van der Waals surface area contributed by atoms with Crippen LogP contribution in [0.1, 0.15) is 11.1 Å². The second-order valence-electron chi connectivity index (χ2n) is 5.86. The third-order valence-corrected chi connectivity index (χ3v) is 4.31. The number of cyclic esters (lactones) is 2. The molecule has 3 aromatic rings.